The molecule has 0 aliphatic carbocycles. The summed E-state index contributed by atoms with van der Waals surface area (Å²) >= 11 is 1.23. The standard InChI is InChI=1S/C6H10O4S/c7-4-1-10-2-5(4)11-3-6(8)9/h4-5,7H,1-3H2,(H,8,9)/t4-,5-/m1/s1. The Morgan fingerprint density at radius 1 is 1.64 bits per heavy atom. The van der Waals surface area contributed by atoms with E-state index in [-0.39, 0.29) is 11.0 Å². The molecule has 0 aromatic rings. The first-order valence-corrected chi connectivity index (χ1v) is 4.34. The summed E-state index contributed by atoms with van der Waals surface area (Å²) in [5.74, 6) is -0.820. The van der Waals surface area contributed by atoms with Crippen LogP contribution in [0, 0.1) is 0 Å². The molecule has 1 aliphatic heterocycles. The van der Waals surface area contributed by atoms with Gasteiger partial charge >= 0.3 is 5.97 Å². The van der Waals surface area contributed by atoms with Crippen LogP contribution in [0.25, 0.3) is 0 Å². The lowest BCUT2D eigenvalue weighted by molar-refractivity contribution is -0.133. The highest BCUT2D eigenvalue weighted by Gasteiger charge is 2.26. The van der Waals surface area contributed by atoms with Crippen LogP contribution < -0.4 is 0 Å². The highest BCUT2D eigenvalue weighted by Crippen LogP contribution is 2.20. The van der Waals surface area contributed by atoms with Crippen LogP contribution in [0.2, 0.25) is 0 Å². The second-order valence-electron chi connectivity index (χ2n) is 2.35. The summed E-state index contributed by atoms with van der Waals surface area (Å²) in [6.45, 7) is 0.788. The van der Waals surface area contributed by atoms with E-state index < -0.39 is 12.1 Å². The van der Waals surface area contributed by atoms with Gasteiger partial charge in [0.25, 0.3) is 0 Å². The number of aliphatic hydroxyl groups excluding tert-OH is 1. The molecule has 1 saturated heterocycles. The average molecular weight is 178 g/mol. The lowest BCUT2D eigenvalue weighted by atomic mass is 10.3. The van der Waals surface area contributed by atoms with Crippen molar-refractivity contribution in [3.05, 3.63) is 0 Å². The summed E-state index contributed by atoms with van der Waals surface area (Å²) in [5, 5.41) is 17.4. The maximum Gasteiger partial charge on any atom is 0.313 e. The topological polar surface area (TPSA) is 66.8 Å². The molecule has 0 bridgehead atoms. The Labute approximate surface area is 68.5 Å². The molecule has 0 saturated carbocycles. The maximum absolute atomic E-state index is 10.1. The molecule has 5 heteroatoms. The first-order valence-electron chi connectivity index (χ1n) is 3.29. The number of hydrogen-bond donors (Lipinski definition) is 2. The van der Waals surface area contributed by atoms with Crippen molar-refractivity contribution in [3.63, 3.8) is 0 Å². The Morgan fingerprint density at radius 3 is 2.82 bits per heavy atom. The third-order valence-electron chi connectivity index (χ3n) is 1.42. The summed E-state index contributed by atoms with van der Waals surface area (Å²) in [6.07, 6.45) is -0.501. The van der Waals surface area contributed by atoms with Crippen LogP contribution in [0.1, 0.15) is 0 Å². The van der Waals surface area contributed by atoms with E-state index in [1.165, 1.54) is 11.8 Å². The number of carbonyl (C=O) groups is 1. The van der Waals surface area contributed by atoms with Crippen LogP contribution in [-0.4, -0.2) is 46.5 Å². The molecule has 0 spiro atoms. The van der Waals surface area contributed by atoms with Crippen molar-refractivity contribution >= 4 is 17.7 Å². The summed E-state index contributed by atoms with van der Waals surface area (Å²) in [7, 11) is 0. The molecule has 0 radical (unpaired) electrons. The zero-order chi connectivity index (χ0) is 8.27. The lowest BCUT2D eigenvalue weighted by Crippen LogP contribution is -2.21. The molecule has 0 aromatic heterocycles. The average Bonchev–Trinajstić information content (AvgIpc) is 2.31. The molecule has 4 nitrogen and oxygen atoms in total. The highest BCUT2D eigenvalue weighted by atomic mass is 32.2. The van der Waals surface area contributed by atoms with Crippen molar-refractivity contribution in [2.45, 2.75) is 11.4 Å². The SMILES string of the molecule is O=C(O)CS[C@@H]1COC[C@H]1O. The molecule has 1 heterocycles. The van der Waals surface area contributed by atoms with Crippen LogP contribution >= 0.6 is 11.8 Å². The number of aliphatic hydroxyl groups is 1. The fourth-order valence-electron chi connectivity index (χ4n) is 0.861. The van der Waals surface area contributed by atoms with Gasteiger partial charge in [0.2, 0.25) is 0 Å². The summed E-state index contributed by atoms with van der Waals surface area (Å²) in [5.41, 5.74) is 0. The van der Waals surface area contributed by atoms with Crippen molar-refractivity contribution in [3.8, 4) is 0 Å². The van der Waals surface area contributed by atoms with E-state index in [9.17, 15) is 4.79 Å². The molecule has 1 aliphatic rings. The van der Waals surface area contributed by atoms with Crippen molar-refractivity contribution in [2.24, 2.45) is 0 Å². The second kappa shape index (κ2) is 3.94. The number of ether oxygens (including phenoxy) is 1. The Kier molecular flexibility index (Phi) is 3.16. The molecule has 1 rings (SSSR count). The van der Waals surface area contributed by atoms with E-state index in [1.54, 1.807) is 0 Å². The third kappa shape index (κ3) is 2.69. The first kappa shape index (κ1) is 8.83. The van der Waals surface area contributed by atoms with Crippen molar-refractivity contribution in [1.29, 1.82) is 0 Å². The fraction of sp³-hybridized carbons (Fsp3) is 0.833. The maximum atomic E-state index is 10.1. The summed E-state index contributed by atoms with van der Waals surface area (Å²) in [4.78, 5) is 10.1. The third-order valence-corrected chi connectivity index (χ3v) is 2.71. The molecule has 0 aromatic carbocycles. The van der Waals surface area contributed by atoms with Gasteiger partial charge in [0.1, 0.15) is 0 Å². The number of hydrogen-bond acceptors (Lipinski definition) is 4. The first-order chi connectivity index (χ1) is 5.20. The van der Waals surface area contributed by atoms with Gasteiger partial charge in [0.05, 0.1) is 30.3 Å². The molecular formula is C6H10O4S. The molecule has 0 unspecified atom stereocenters. The van der Waals surface area contributed by atoms with Gasteiger partial charge in [-0.1, -0.05) is 0 Å². The molecular weight excluding hydrogens is 168 g/mol. The number of carboxylic acid groups (broad SMARTS) is 1. The van der Waals surface area contributed by atoms with Gasteiger partial charge in [-0.05, 0) is 0 Å². The fourth-order valence-corrected chi connectivity index (χ4v) is 1.71. The number of rotatable bonds is 3. The minimum Gasteiger partial charge on any atom is -0.481 e. The Balaban J connectivity index is 2.20. The van der Waals surface area contributed by atoms with E-state index in [4.69, 9.17) is 14.9 Å². The Bertz CT molecular complexity index is 150. The summed E-state index contributed by atoms with van der Waals surface area (Å²) in [6, 6.07) is 0. The quantitative estimate of drug-likeness (QED) is 0.613. The minimum atomic E-state index is -0.853. The summed E-state index contributed by atoms with van der Waals surface area (Å²) < 4.78 is 4.94. The van der Waals surface area contributed by atoms with Crippen LogP contribution in [0.3, 0.4) is 0 Å². The number of carboxylic acids is 1. The Hall–Kier alpha value is -0.260. The van der Waals surface area contributed by atoms with Crippen molar-refractivity contribution < 1.29 is 19.7 Å². The minimum absolute atomic E-state index is 0.0328. The van der Waals surface area contributed by atoms with Gasteiger partial charge < -0.3 is 14.9 Å². The van der Waals surface area contributed by atoms with Gasteiger partial charge in [-0.3, -0.25) is 4.79 Å². The van der Waals surface area contributed by atoms with Gasteiger partial charge in [0.15, 0.2) is 0 Å². The predicted molar refractivity (Wildman–Crippen MR) is 40.7 cm³/mol. The van der Waals surface area contributed by atoms with Gasteiger partial charge in [-0.25, -0.2) is 0 Å². The number of aliphatic carboxylic acids is 1. The van der Waals surface area contributed by atoms with Crippen LogP contribution in [-0.2, 0) is 9.53 Å². The number of thioether (sulfide) groups is 1. The second-order valence-corrected chi connectivity index (χ2v) is 3.58. The highest BCUT2D eigenvalue weighted by molar-refractivity contribution is 8.00. The zero-order valence-corrected chi connectivity index (χ0v) is 6.71. The monoisotopic (exact) mass is 178 g/mol. The lowest BCUT2D eigenvalue weighted by Gasteiger charge is -2.08. The molecule has 2 atom stereocenters. The van der Waals surface area contributed by atoms with Gasteiger partial charge in [-0.15, -0.1) is 11.8 Å². The van der Waals surface area contributed by atoms with E-state index in [1.807, 2.05) is 0 Å². The zero-order valence-electron chi connectivity index (χ0n) is 5.90. The molecule has 11 heavy (non-hydrogen) atoms. The van der Waals surface area contributed by atoms with Crippen molar-refractivity contribution in [1.82, 2.24) is 0 Å². The molecule has 1 fully saturated rings. The van der Waals surface area contributed by atoms with Crippen LogP contribution in [0.4, 0.5) is 0 Å². The van der Waals surface area contributed by atoms with Crippen LogP contribution in [0.5, 0.6) is 0 Å². The van der Waals surface area contributed by atoms with E-state index >= 15 is 0 Å². The largest absolute Gasteiger partial charge is 0.481 e. The van der Waals surface area contributed by atoms with E-state index in [2.05, 4.69) is 0 Å². The molecule has 64 valence electrons. The molecule has 0 amide bonds. The van der Waals surface area contributed by atoms with Crippen LogP contribution in [0.15, 0.2) is 0 Å². The van der Waals surface area contributed by atoms with Gasteiger partial charge in [-0.2, -0.15) is 0 Å². The smallest absolute Gasteiger partial charge is 0.313 e. The van der Waals surface area contributed by atoms with Crippen molar-refractivity contribution in [2.75, 3.05) is 19.0 Å². The van der Waals surface area contributed by atoms with Gasteiger partial charge in [0, 0.05) is 0 Å². The van der Waals surface area contributed by atoms with E-state index in [0.29, 0.717) is 13.2 Å². The predicted octanol–water partition coefficient (Wildman–Crippen LogP) is -0.436. The Morgan fingerprint density at radius 2 is 2.36 bits per heavy atom. The molecule has 2 N–H and O–H groups in total. The van der Waals surface area contributed by atoms with E-state index in [0.717, 1.165) is 0 Å². The normalized spacial score (nSPS) is 30.6.